The number of rotatable bonds is 8. The van der Waals surface area contributed by atoms with Crippen LogP contribution in [0.4, 0.5) is 0 Å². The molecule has 3 atom stereocenters. The van der Waals surface area contributed by atoms with Crippen molar-refractivity contribution in [1.29, 1.82) is 5.26 Å². The molecule has 0 bridgehead atoms. The Balaban J connectivity index is 0.999. The van der Waals surface area contributed by atoms with Crippen molar-refractivity contribution in [3.63, 3.8) is 0 Å². The lowest BCUT2D eigenvalue weighted by Crippen LogP contribution is -2.28. The van der Waals surface area contributed by atoms with E-state index in [0.717, 1.165) is 56.4 Å². The highest BCUT2D eigenvalue weighted by atomic mass is 15.0. The second kappa shape index (κ2) is 16.4. The van der Waals surface area contributed by atoms with Gasteiger partial charge < -0.3 is 4.57 Å². The summed E-state index contributed by atoms with van der Waals surface area (Å²) in [6.45, 7) is 7.29. The average Bonchev–Trinajstić information content (AvgIpc) is 3.58. The second-order valence-electron chi connectivity index (χ2n) is 17.5. The maximum atomic E-state index is 9.44. The zero-order valence-electron chi connectivity index (χ0n) is 35.6. The van der Waals surface area contributed by atoms with Crippen LogP contribution in [-0.2, 0) is 5.41 Å². The van der Waals surface area contributed by atoms with Gasteiger partial charge >= 0.3 is 0 Å². The molecule has 1 fully saturated rings. The Labute approximate surface area is 364 Å². The van der Waals surface area contributed by atoms with Crippen LogP contribution in [0.3, 0.4) is 0 Å². The minimum absolute atomic E-state index is 0.259. The monoisotopic (exact) mass is 803 g/mol. The number of benzene rings is 7. The fourth-order valence-electron chi connectivity index (χ4n) is 10.0. The topological polar surface area (TPSA) is 67.4 Å². The van der Waals surface area contributed by atoms with Gasteiger partial charge in [0.2, 0.25) is 0 Å². The maximum absolute atomic E-state index is 9.44. The molecule has 0 N–H and O–H groups in total. The molecule has 2 heterocycles. The molecule has 302 valence electrons. The summed E-state index contributed by atoms with van der Waals surface area (Å²) in [5, 5.41) is 11.9. The molecular formula is C57H49N5. The van der Waals surface area contributed by atoms with E-state index in [2.05, 4.69) is 159 Å². The van der Waals surface area contributed by atoms with E-state index in [0.29, 0.717) is 23.0 Å². The van der Waals surface area contributed by atoms with E-state index in [1.165, 1.54) is 59.6 Å². The predicted octanol–water partition coefficient (Wildman–Crippen LogP) is 14.7. The second-order valence-corrected chi connectivity index (χ2v) is 17.5. The first kappa shape index (κ1) is 39.0. The third-order valence-electron chi connectivity index (χ3n) is 13.4. The van der Waals surface area contributed by atoms with Crippen molar-refractivity contribution >= 4 is 21.8 Å². The molecule has 0 spiro atoms. The van der Waals surface area contributed by atoms with E-state index < -0.39 is 0 Å². The highest BCUT2D eigenvalue weighted by Crippen LogP contribution is 2.46. The molecule has 0 saturated heterocycles. The molecule has 10 rings (SSSR count). The van der Waals surface area contributed by atoms with E-state index in [-0.39, 0.29) is 5.41 Å². The molecule has 1 aliphatic carbocycles. The maximum Gasteiger partial charge on any atom is 0.164 e. The summed E-state index contributed by atoms with van der Waals surface area (Å²) in [4.78, 5) is 15.0. The fourth-order valence-corrected chi connectivity index (χ4v) is 10.0. The van der Waals surface area contributed by atoms with Crippen LogP contribution in [-0.4, -0.2) is 19.5 Å². The van der Waals surface area contributed by atoms with E-state index >= 15 is 0 Å². The van der Waals surface area contributed by atoms with Gasteiger partial charge in [-0.05, 0) is 131 Å². The number of fused-ring (bicyclic) bond motifs is 3. The van der Waals surface area contributed by atoms with Crippen LogP contribution in [0.25, 0.3) is 83.9 Å². The van der Waals surface area contributed by atoms with E-state index in [1.54, 1.807) is 12.1 Å². The van der Waals surface area contributed by atoms with Gasteiger partial charge in [-0.1, -0.05) is 137 Å². The Bertz CT molecular complexity index is 3050. The lowest BCUT2D eigenvalue weighted by atomic mass is 9.69. The first-order valence-corrected chi connectivity index (χ1v) is 22.1. The van der Waals surface area contributed by atoms with Crippen LogP contribution in [0, 0.1) is 23.2 Å². The average molecular weight is 804 g/mol. The summed E-state index contributed by atoms with van der Waals surface area (Å²) in [6, 6.07) is 62.0. The predicted molar refractivity (Wildman–Crippen MR) is 255 cm³/mol. The van der Waals surface area contributed by atoms with Crippen LogP contribution in [0.15, 0.2) is 170 Å². The Hall–Kier alpha value is -7.16. The zero-order valence-corrected chi connectivity index (χ0v) is 35.6. The molecule has 2 aromatic heterocycles. The van der Waals surface area contributed by atoms with Gasteiger partial charge in [0.05, 0.1) is 22.7 Å². The lowest BCUT2D eigenvalue weighted by Gasteiger charge is -2.35. The van der Waals surface area contributed by atoms with Crippen molar-refractivity contribution in [1.82, 2.24) is 19.5 Å². The summed E-state index contributed by atoms with van der Waals surface area (Å²) >= 11 is 0. The highest BCUT2D eigenvalue weighted by molar-refractivity contribution is 6.10. The highest BCUT2D eigenvalue weighted by Gasteiger charge is 2.36. The van der Waals surface area contributed by atoms with Crippen molar-refractivity contribution in [2.24, 2.45) is 11.8 Å². The van der Waals surface area contributed by atoms with Gasteiger partial charge in [-0.15, -0.1) is 0 Å². The lowest BCUT2D eigenvalue weighted by molar-refractivity contribution is 0.295. The smallest absolute Gasteiger partial charge is 0.164 e. The van der Waals surface area contributed by atoms with Gasteiger partial charge in [-0.3, -0.25) is 0 Å². The summed E-state index contributed by atoms with van der Waals surface area (Å²) in [6.07, 6.45) is 6.42. The van der Waals surface area contributed by atoms with Crippen molar-refractivity contribution in [2.45, 2.75) is 58.3 Å². The Morgan fingerprint density at radius 3 is 1.58 bits per heavy atom. The summed E-state index contributed by atoms with van der Waals surface area (Å²) in [7, 11) is 0. The van der Waals surface area contributed by atoms with Crippen LogP contribution < -0.4 is 0 Å². The molecule has 0 radical (unpaired) electrons. The van der Waals surface area contributed by atoms with Crippen LogP contribution >= 0.6 is 0 Å². The normalized spacial score (nSPS) is 17.8. The summed E-state index contributed by atoms with van der Waals surface area (Å²) < 4.78 is 2.36. The molecule has 1 saturated carbocycles. The first-order chi connectivity index (χ1) is 30.4. The number of hydrogen-bond donors (Lipinski definition) is 0. The zero-order chi connectivity index (χ0) is 42.2. The molecule has 0 amide bonds. The van der Waals surface area contributed by atoms with Gasteiger partial charge in [-0.25, -0.2) is 15.0 Å². The SMILES string of the molecule is CCC1(c2ccc(-c3ccc4c(c3)c3ccccc3n4-c3ccc(-c4nc(-c5ccc(C#N)cc5)nc(-c5ccc(-c6ccccc6)cc5)n4)cc3)cc2)C[C@H](C)CC[C@H](C)C1. The number of para-hydroxylation sites is 1. The van der Waals surface area contributed by atoms with Crippen LogP contribution in [0.5, 0.6) is 0 Å². The van der Waals surface area contributed by atoms with Gasteiger partial charge in [-0.2, -0.15) is 5.26 Å². The first-order valence-electron chi connectivity index (χ1n) is 22.1. The quantitative estimate of drug-likeness (QED) is 0.144. The van der Waals surface area contributed by atoms with Gasteiger partial charge in [0.25, 0.3) is 0 Å². The standard InChI is InChI=1S/C57H49N5/c1-4-57(35-38(2)14-15-39(3)36-57)48-29-24-43(25-30-48)47-28-33-53-51(34-47)50-12-8-9-13-52(50)62(53)49-31-26-46(27-32-49)56-60-54(44-18-16-40(37-58)17-19-44)59-55(61-56)45-22-20-42(21-23-45)41-10-6-5-7-11-41/h5-13,16-34,38-39H,4,14-15,35-36H2,1-3H3/t38-,39+,57?. The molecule has 1 aliphatic rings. The van der Waals surface area contributed by atoms with Crippen molar-refractivity contribution in [3.8, 4) is 68.2 Å². The Morgan fingerprint density at radius 2 is 0.984 bits per heavy atom. The largest absolute Gasteiger partial charge is 0.309 e. The molecule has 9 aromatic rings. The molecule has 5 nitrogen and oxygen atoms in total. The molecular weight excluding hydrogens is 755 g/mol. The molecule has 5 heteroatoms. The van der Waals surface area contributed by atoms with E-state index in [4.69, 9.17) is 15.0 Å². The van der Waals surface area contributed by atoms with Crippen LogP contribution in [0.2, 0.25) is 0 Å². The number of nitriles is 1. The van der Waals surface area contributed by atoms with E-state index in [9.17, 15) is 5.26 Å². The van der Waals surface area contributed by atoms with Crippen LogP contribution in [0.1, 0.15) is 64.0 Å². The summed E-state index contributed by atoms with van der Waals surface area (Å²) in [5.41, 5.74) is 13.1. The summed E-state index contributed by atoms with van der Waals surface area (Å²) in [5.74, 6) is 3.24. The van der Waals surface area contributed by atoms with Gasteiger partial charge in [0.15, 0.2) is 17.5 Å². The molecule has 62 heavy (non-hydrogen) atoms. The Morgan fingerprint density at radius 1 is 0.516 bits per heavy atom. The fraction of sp³-hybridized carbons (Fsp3) is 0.193. The van der Waals surface area contributed by atoms with Gasteiger partial charge in [0, 0.05) is 33.2 Å². The Kier molecular flexibility index (Phi) is 10.3. The van der Waals surface area contributed by atoms with E-state index in [1.807, 2.05) is 30.3 Å². The third-order valence-corrected chi connectivity index (χ3v) is 13.4. The number of nitrogens with zero attached hydrogens (tertiary/aromatic N) is 5. The van der Waals surface area contributed by atoms with Crippen molar-refractivity contribution in [3.05, 3.63) is 181 Å². The molecule has 1 unspecified atom stereocenters. The molecule has 0 aliphatic heterocycles. The minimum Gasteiger partial charge on any atom is -0.309 e. The van der Waals surface area contributed by atoms with Crippen molar-refractivity contribution in [2.75, 3.05) is 0 Å². The minimum atomic E-state index is 0.259. The number of hydrogen-bond acceptors (Lipinski definition) is 4. The third kappa shape index (κ3) is 7.37. The van der Waals surface area contributed by atoms with Crippen molar-refractivity contribution < 1.29 is 0 Å². The van der Waals surface area contributed by atoms with Gasteiger partial charge in [0.1, 0.15) is 0 Å². The number of aromatic nitrogens is 4. The molecule has 7 aromatic carbocycles.